The van der Waals surface area contributed by atoms with Crippen LogP contribution in [-0.4, -0.2) is 22.1 Å². The van der Waals surface area contributed by atoms with Crippen LogP contribution in [0.25, 0.3) is 11.1 Å². The minimum Gasteiger partial charge on any atom is -0.492 e. The molecule has 0 saturated carbocycles. The first-order chi connectivity index (χ1) is 7.63. The summed E-state index contributed by atoms with van der Waals surface area (Å²) < 4.78 is 0.934. The van der Waals surface area contributed by atoms with Gasteiger partial charge < -0.3 is 15.1 Å². The van der Waals surface area contributed by atoms with Crippen molar-refractivity contribution < 1.29 is 15.1 Å². The highest BCUT2D eigenvalue weighted by atomic mass is 35.5. The molecule has 2 aromatic rings. The summed E-state index contributed by atoms with van der Waals surface area (Å²) in [4.78, 5) is 4.79. The number of aromatic nitrogens is 1. The van der Waals surface area contributed by atoms with Crippen LogP contribution in [0.3, 0.4) is 0 Å². The van der Waals surface area contributed by atoms with E-state index in [9.17, 15) is 10.2 Å². The van der Waals surface area contributed by atoms with Gasteiger partial charge in [-0.3, -0.25) is 0 Å². The van der Waals surface area contributed by atoms with Gasteiger partial charge in [0.2, 0.25) is 11.8 Å². The highest BCUT2D eigenvalue weighted by Gasteiger charge is 2.15. The predicted octanol–water partition coefficient (Wildman–Crippen LogP) is 2.28. The second-order valence-electron chi connectivity index (χ2n) is 3.22. The molecule has 0 unspecified atom stereocenters. The van der Waals surface area contributed by atoms with Crippen LogP contribution in [0.5, 0.6) is 11.8 Å². The van der Waals surface area contributed by atoms with Crippen molar-refractivity contribution in [3.05, 3.63) is 35.4 Å². The first-order valence-electron chi connectivity index (χ1n) is 4.57. The standard InChI is InChI=1S/C11H10ClNO3/c1-16-13-10(14)6-9(11(13)15)7-2-4-8(12)5-3-7/h2-6,14-15H,1H3. The zero-order valence-electron chi connectivity index (χ0n) is 8.51. The highest BCUT2D eigenvalue weighted by Crippen LogP contribution is 2.35. The lowest BCUT2D eigenvalue weighted by molar-refractivity contribution is 0.120. The van der Waals surface area contributed by atoms with Gasteiger partial charge in [-0.15, -0.1) is 4.73 Å². The van der Waals surface area contributed by atoms with E-state index in [1.807, 2.05) is 0 Å². The molecule has 0 spiro atoms. The fraction of sp³-hybridized carbons (Fsp3) is 0.0909. The summed E-state index contributed by atoms with van der Waals surface area (Å²) in [5.74, 6) is -0.313. The van der Waals surface area contributed by atoms with E-state index in [4.69, 9.17) is 16.4 Å². The fourth-order valence-electron chi connectivity index (χ4n) is 1.49. The largest absolute Gasteiger partial charge is 0.492 e. The maximum Gasteiger partial charge on any atom is 0.237 e. The van der Waals surface area contributed by atoms with Gasteiger partial charge in [0.25, 0.3) is 0 Å². The van der Waals surface area contributed by atoms with Crippen molar-refractivity contribution in [2.45, 2.75) is 0 Å². The zero-order chi connectivity index (χ0) is 11.7. The SMILES string of the molecule is COn1c(O)cc(-c2ccc(Cl)cc2)c1O. The Morgan fingerprint density at radius 2 is 1.81 bits per heavy atom. The highest BCUT2D eigenvalue weighted by molar-refractivity contribution is 6.30. The van der Waals surface area contributed by atoms with Crippen LogP contribution in [0.4, 0.5) is 0 Å². The molecule has 0 aliphatic rings. The molecule has 1 heterocycles. The van der Waals surface area contributed by atoms with Crippen molar-refractivity contribution in [1.82, 2.24) is 4.73 Å². The van der Waals surface area contributed by atoms with Gasteiger partial charge >= 0.3 is 0 Å². The number of rotatable bonds is 2. The normalized spacial score (nSPS) is 10.4. The minimum atomic E-state index is -0.162. The zero-order valence-corrected chi connectivity index (χ0v) is 9.27. The van der Waals surface area contributed by atoms with Crippen molar-refractivity contribution in [1.29, 1.82) is 0 Å². The predicted molar refractivity (Wildman–Crippen MR) is 60.7 cm³/mol. The van der Waals surface area contributed by atoms with Gasteiger partial charge in [-0.1, -0.05) is 23.7 Å². The lowest BCUT2D eigenvalue weighted by atomic mass is 10.1. The Hall–Kier alpha value is -1.81. The maximum absolute atomic E-state index is 9.78. The van der Waals surface area contributed by atoms with Crippen LogP contribution >= 0.6 is 11.6 Å². The van der Waals surface area contributed by atoms with Crippen molar-refractivity contribution >= 4 is 11.6 Å². The summed E-state index contributed by atoms with van der Waals surface area (Å²) in [5, 5.41) is 19.9. The molecule has 0 aliphatic heterocycles. The fourth-order valence-corrected chi connectivity index (χ4v) is 1.62. The molecule has 2 N–H and O–H groups in total. The molecule has 1 aromatic carbocycles. The molecular formula is C11H10ClNO3. The van der Waals surface area contributed by atoms with E-state index >= 15 is 0 Å². The van der Waals surface area contributed by atoms with Gasteiger partial charge in [0.05, 0.1) is 5.56 Å². The van der Waals surface area contributed by atoms with Crippen LogP contribution in [0.2, 0.25) is 5.02 Å². The van der Waals surface area contributed by atoms with Crippen LogP contribution in [0.15, 0.2) is 30.3 Å². The molecule has 1 aromatic heterocycles. The lowest BCUT2D eigenvalue weighted by Crippen LogP contribution is -2.03. The Balaban J connectivity index is 2.52. The Labute approximate surface area is 97.2 Å². The van der Waals surface area contributed by atoms with E-state index in [1.54, 1.807) is 24.3 Å². The smallest absolute Gasteiger partial charge is 0.237 e. The molecule has 0 bridgehead atoms. The maximum atomic E-state index is 9.78. The molecule has 5 heteroatoms. The minimum absolute atomic E-state index is 0.151. The summed E-state index contributed by atoms with van der Waals surface area (Å²) in [7, 11) is 1.35. The van der Waals surface area contributed by atoms with Crippen molar-refractivity contribution in [3.8, 4) is 22.9 Å². The van der Waals surface area contributed by atoms with Crippen LogP contribution in [0.1, 0.15) is 0 Å². The molecule has 84 valence electrons. The van der Waals surface area contributed by atoms with Crippen LogP contribution in [-0.2, 0) is 0 Å². The first kappa shape index (κ1) is 10.7. The molecule has 0 aliphatic carbocycles. The van der Waals surface area contributed by atoms with E-state index in [2.05, 4.69) is 0 Å². The monoisotopic (exact) mass is 239 g/mol. The average molecular weight is 240 g/mol. The Morgan fingerprint density at radius 3 is 2.31 bits per heavy atom. The second-order valence-corrected chi connectivity index (χ2v) is 3.66. The van der Waals surface area contributed by atoms with Gasteiger partial charge in [0.15, 0.2) is 0 Å². The number of nitrogens with zero attached hydrogens (tertiary/aromatic N) is 1. The first-order valence-corrected chi connectivity index (χ1v) is 4.95. The van der Waals surface area contributed by atoms with Crippen molar-refractivity contribution in [3.63, 3.8) is 0 Å². The molecule has 0 atom stereocenters. The molecule has 0 amide bonds. The van der Waals surface area contributed by atoms with E-state index in [-0.39, 0.29) is 11.8 Å². The number of hydrogen-bond donors (Lipinski definition) is 2. The number of aromatic hydroxyl groups is 2. The third-order valence-electron chi connectivity index (χ3n) is 2.25. The molecule has 0 radical (unpaired) electrons. The van der Waals surface area contributed by atoms with E-state index < -0.39 is 0 Å². The van der Waals surface area contributed by atoms with Crippen LogP contribution in [0, 0.1) is 0 Å². The number of benzene rings is 1. The quantitative estimate of drug-likeness (QED) is 0.845. The Bertz CT molecular complexity index is 505. The summed E-state index contributed by atoms with van der Waals surface area (Å²) >= 11 is 5.76. The van der Waals surface area contributed by atoms with Gasteiger partial charge in [0, 0.05) is 11.1 Å². The van der Waals surface area contributed by atoms with Crippen LogP contribution < -0.4 is 4.84 Å². The molecular weight excluding hydrogens is 230 g/mol. The topological polar surface area (TPSA) is 54.6 Å². The average Bonchev–Trinajstić information content (AvgIpc) is 2.55. The summed E-state index contributed by atoms with van der Waals surface area (Å²) in [6.07, 6.45) is 0. The summed E-state index contributed by atoms with van der Waals surface area (Å²) in [6.45, 7) is 0. The molecule has 4 nitrogen and oxygen atoms in total. The van der Waals surface area contributed by atoms with Gasteiger partial charge in [-0.25, -0.2) is 0 Å². The van der Waals surface area contributed by atoms with Crippen molar-refractivity contribution in [2.24, 2.45) is 0 Å². The summed E-state index contributed by atoms with van der Waals surface area (Å²) in [6, 6.07) is 8.32. The van der Waals surface area contributed by atoms with E-state index in [1.165, 1.54) is 13.2 Å². The number of hydrogen-bond acceptors (Lipinski definition) is 3. The van der Waals surface area contributed by atoms with Crippen molar-refractivity contribution in [2.75, 3.05) is 7.11 Å². The second kappa shape index (κ2) is 3.98. The third kappa shape index (κ3) is 1.67. The molecule has 0 fully saturated rings. The molecule has 2 rings (SSSR count). The third-order valence-corrected chi connectivity index (χ3v) is 2.50. The number of halogens is 1. The van der Waals surface area contributed by atoms with E-state index in [0.29, 0.717) is 10.6 Å². The van der Waals surface area contributed by atoms with E-state index in [0.717, 1.165) is 10.3 Å². The van der Waals surface area contributed by atoms with Gasteiger partial charge in [-0.05, 0) is 17.7 Å². The summed E-state index contributed by atoms with van der Waals surface area (Å²) in [5.41, 5.74) is 1.23. The lowest BCUT2D eigenvalue weighted by Gasteiger charge is -2.03. The molecule has 0 saturated heterocycles. The van der Waals surface area contributed by atoms with Gasteiger partial charge in [0.1, 0.15) is 7.11 Å². The molecule has 16 heavy (non-hydrogen) atoms. The Kier molecular flexibility index (Phi) is 2.66. The van der Waals surface area contributed by atoms with Gasteiger partial charge in [-0.2, -0.15) is 0 Å². The Morgan fingerprint density at radius 1 is 1.19 bits per heavy atom.